The van der Waals surface area contributed by atoms with E-state index in [2.05, 4.69) is 0 Å². The van der Waals surface area contributed by atoms with Crippen molar-refractivity contribution in [3.63, 3.8) is 0 Å². The van der Waals surface area contributed by atoms with Crippen molar-refractivity contribution in [1.82, 2.24) is 4.90 Å². The number of nitrogens with zero attached hydrogens (tertiary/aromatic N) is 1. The van der Waals surface area contributed by atoms with Gasteiger partial charge in [0.1, 0.15) is 0 Å². The number of likely N-dealkylation sites (N-methyl/N-ethyl adjacent to an activating group) is 1. The van der Waals surface area contributed by atoms with Crippen molar-refractivity contribution in [2.45, 2.75) is 13.0 Å². The molecule has 0 aromatic heterocycles. The van der Waals surface area contributed by atoms with E-state index >= 15 is 0 Å². The second-order valence-electron chi connectivity index (χ2n) is 3.60. The zero-order valence-corrected chi connectivity index (χ0v) is 11.9. The zero-order chi connectivity index (χ0) is 12.3. The summed E-state index contributed by atoms with van der Waals surface area (Å²) in [6.45, 7) is 2.27. The molecule has 2 N–H and O–H groups in total. The van der Waals surface area contributed by atoms with Gasteiger partial charge in [-0.25, -0.2) is 0 Å². The minimum absolute atomic E-state index is 0. The fraction of sp³-hybridized carbons (Fsp3) is 0.364. The van der Waals surface area contributed by atoms with Crippen LogP contribution in [0, 0.1) is 0 Å². The molecule has 0 heterocycles. The normalized spacial score (nSPS) is 11.6. The highest BCUT2D eigenvalue weighted by atomic mass is 35.5. The molecule has 0 saturated heterocycles. The molecular weight excluding hydrogens is 282 g/mol. The van der Waals surface area contributed by atoms with E-state index in [9.17, 15) is 4.79 Å². The van der Waals surface area contributed by atoms with Gasteiger partial charge in [-0.15, -0.1) is 12.4 Å². The van der Waals surface area contributed by atoms with Crippen LogP contribution in [0.3, 0.4) is 0 Å². The van der Waals surface area contributed by atoms with Crippen LogP contribution in [0.5, 0.6) is 0 Å². The molecular formula is C11H15Cl3N2O. The Hall–Kier alpha value is -0.480. The highest BCUT2D eigenvalue weighted by molar-refractivity contribution is 6.43. The van der Waals surface area contributed by atoms with Crippen LogP contribution in [-0.4, -0.2) is 30.4 Å². The number of halogens is 3. The van der Waals surface area contributed by atoms with Gasteiger partial charge in [0, 0.05) is 19.6 Å². The molecule has 1 atom stereocenters. The molecule has 96 valence electrons. The molecule has 1 amide bonds. The number of carbonyl (C=O) groups excluding carboxylic acids is 1. The zero-order valence-electron chi connectivity index (χ0n) is 9.61. The Labute approximate surface area is 117 Å². The number of benzene rings is 1. The topological polar surface area (TPSA) is 46.3 Å². The molecule has 1 rings (SSSR count). The summed E-state index contributed by atoms with van der Waals surface area (Å²) in [5, 5.41) is 0.659. The summed E-state index contributed by atoms with van der Waals surface area (Å²) in [6.07, 6.45) is 0. The molecule has 0 saturated carbocycles. The third-order valence-corrected chi connectivity index (χ3v) is 3.32. The molecule has 1 aromatic carbocycles. The molecule has 0 aliphatic rings. The van der Waals surface area contributed by atoms with Gasteiger partial charge in [-0.1, -0.05) is 29.3 Å². The van der Waals surface area contributed by atoms with Crippen LogP contribution in [0.15, 0.2) is 18.2 Å². The number of nitrogens with two attached hydrogens (primary N) is 1. The minimum Gasteiger partial charge on any atom is -0.338 e. The Morgan fingerprint density at radius 1 is 1.47 bits per heavy atom. The van der Waals surface area contributed by atoms with Gasteiger partial charge < -0.3 is 10.6 Å². The summed E-state index contributed by atoms with van der Waals surface area (Å²) >= 11 is 11.8. The lowest BCUT2D eigenvalue weighted by atomic mass is 10.1. The molecule has 0 aliphatic carbocycles. The van der Waals surface area contributed by atoms with Gasteiger partial charge in [0.25, 0.3) is 5.91 Å². The van der Waals surface area contributed by atoms with E-state index in [1.54, 1.807) is 30.1 Å². The molecule has 0 radical (unpaired) electrons. The van der Waals surface area contributed by atoms with E-state index in [4.69, 9.17) is 28.9 Å². The Morgan fingerprint density at radius 3 is 2.59 bits per heavy atom. The van der Waals surface area contributed by atoms with Gasteiger partial charge in [0.05, 0.1) is 15.6 Å². The molecule has 17 heavy (non-hydrogen) atoms. The predicted molar refractivity (Wildman–Crippen MR) is 74.3 cm³/mol. The number of hydrogen-bond donors (Lipinski definition) is 1. The van der Waals surface area contributed by atoms with Crippen molar-refractivity contribution >= 4 is 41.5 Å². The van der Waals surface area contributed by atoms with Crippen molar-refractivity contribution < 1.29 is 4.79 Å². The van der Waals surface area contributed by atoms with E-state index in [1.165, 1.54) is 0 Å². The van der Waals surface area contributed by atoms with Gasteiger partial charge in [-0.05, 0) is 19.1 Å². The standard InChI is InChI=1S/C11H14Cl2N2O.ClH/c1-7(6-14)15(2)11(16)8-4-3-5-9(12)10(8)13;/h3-5,7H,6,14H2,1-2H3;1H. The summed E-state index contributed by atoms with van der Waals surface area (Å²) in [4.78, 5) is 13.6. The molecule has 0 bridgehead atoms. The van der Waals surface area contributed by atoms with E-state index < -0.39 is 0 Å². The van der Waals surface area contributed by atoms with Gasteiger partial charge in [-0.3, -0.25) is 4.79 Å². The van der Waals surface area contributed by atoms with Crippen LogP contribution < -0.4 is 5.73 Å². The van der Waals surface area contributed by atoms with E-state index in [0.717, 1.165) is 0 Å². The van der Waals surface area contributed by atoms with Crippen molar-refractivity contribution in [1.29, 1.82) is 0 Å². The molecule has 1 unspecified atom stereocenters. The molecule has 0 aliphatic heterocycles. The lowest BCUT2D eigenvalue weighted by Crippen LogP contribution is -2.39. The Balaban J connectivity index is 0.00000256. The summed E-state index contributed by atoms with van der Waals surface area (Å²) < 4.78 is 0. The first-order chi connectivity index (χ1) is 7.49. The summed E-state index contributed by atoms with van der Waals surface area (Å²) in [7, 11) is 1.69. The average Bonchev–Trinajstić information content (AvgIpc) is 2.29. The van der Waals surface area contributed by atoms with Gasteiger partial charge >= 0.3 is 0 Å². The fourth-order valence-electron chi connectivity index (χ4n) is 1.22. The highest BCUT2D eigenvalue weighted by Gasteiger charge is 2.19. The third-order valence-electron chi connectivity index (χ3n) is 2.50. The van der Waals surface area contributed by atoms with Gasteiger partial charge in [-0.2, -0.15) is 0 Å². The predicted octanol–water partition coefficient (Wildman–Crippen LogP) is 2.83. The lowest BCUT2D eigenvalue weighted by Gasteiger charge is -2.24. The SMILES string of the molecule is CC(CN)N(C)C(=O)c1cccc(Cl)c1Cl.Cl. The van der Waals surface area contributed by atoms with Crippen molar-refractivity contribution in [2.24, 2.45) is 5.73 Å². The van der Waals surface area contributed by atoms with E-state index in [1.807, 2.05) is 6.92 Å². The Kier molecular flexibility index (Phi) is 6.87. The smallest absolute Gasteiger partial charge is 0.255 e. The monoisotopic (exact) mass is 296 g/mol. The lowest BCUT2D eigenvalue weighted by molar-refractivity contribution is 0.0748. The van der Waals surface area contributed by atoms with Crippen LogP contribution in [0.25, 0.3) is 0 Å². The molecule has 0 fully saturated rings. The Bertz CT molecular complexity index is 398. The quantitative estimate of drug-likeness (QED) is 0.932. The second-order valence-corrected chi connectivity index (χ2v) is 4.39. The van der Waals surface area contributed by atoms with E-state index in [0.29, 0.717) is 17.1 Å². The molecule has 1 aromatic rings. The number of hydrogen-bond acceptors (Lipinski definition) is 2. The van der Waals surface area contributed by atoms with Gasteiger partial charge in [0.15, 0.2) is 0 Å². The van der Waals surface area contributed by atoms with Crippen molar-refractivity contribution in [2.75, 3.05) is 13.6 Å². The van der Waals surface area contributed by atoms with Crippen molar-refractivity contribution in [3.8, 4) is 0 Å². The first-order valence-corrected chi connectivity index (χ1v) is 5.65. The molecule has 0 spiro atoms. The Morgan fingerprint density at radius 2 is 2.06 bits per heavy atom. The van der Waals surface area contributed by atoms with Crippen molar-refractivity contribution in [3.05, 3.63) is 33.8 Å². The summed E-state index contributed by atoms with van der Waals surface area (Å²) in [6, 6.07) is 4.95. The second kappa shape index (κ2) is 7.07. The van der Waals surface area contributed by atoms with Crippen LogP contribution >= 0.6 is 35.6 Å². The van der Waals surface area contributed by atoms with Crippen LogP contribution in [0.1, 0.15) is 17.3 Å². The van der Waals surface area contributed by atoms with Crippen LogP contribution in [-0.2, 0) is 0 Å². The molecule has 6 heteroatoms. The molecule has 3 nitrogen and oxygen atoms in total. The fourth-order valence-corrected chi connectivity index (χ4v) is 1.60. The highest BCUT2D eigenvalue weighted by Crippen LogP contribution is 2.26. The first kappa shape index (κ1) is 16.5. The van der Waals surface area contributed by atoms with E-state index in [-0.39, 0.29) is 29.4 Å². The largest absolute Gasteiger partial charge is 0.338 e. The number of carbonyl (C=O) groups is 1. The average molecular weight is 298 g/mol. The van der Waals surface area contributed by atoms with Gasteiger partial charge in [0.2, 0.25) is 0 Å². The number of amides is 1. The summed E-state index contributed by atoms with van der Waals surface area (Å²) in [5.41, 5.74) is 5.90. The minimum atomic E-state index is -0.176. The van der Waals surface area contributed by atoms with Crippen LogP contribution in [0.4, 0.5) is 0 Å². The van der Waals surface area contributed by atoms with Crippen LogP contribution in [0.2, 0.25) is 10.0 Å². The maximum atomic E-state index is 12.0. The summed E-state index contributed by atoms with van der Waals surface area (Å²) in [5.74, 6) is -0.176. The third kappa shape index (κ3) is 3.75. The first-order valence-electron chi connectivity index (χ1n) is 4.90. The maximum absolute atomic E-state index is 12.0. The maximum Gasteiger partial charge on any atom is 0.255 e. The number of rotatable bonds is 3.